The third-order valence-electron chi connectivity index (χ3n) is 4.67. The molecule has 1 unspecified atom stereocenters. The van der Waals surface area contributed by atoms with E-state index in [0.717, 1.165) is 50.3 Å². The first kappa shape index (κ1) is 25.5. The fourth-order valence-corrected chi connectivity index (χ4v) is 3.51. The van der Waals surface area contributed by atoms with Crippen molar-refractivity contribution in [1.29, 1.82) is 0 Å². The van der Waals surface area contributed by atoms with Crippen LogP contribution in [-0.4, -0.2) is 37.0 Å². The number of nitrogens with one attached hydrogen (secondary N) is 1. The summed E-state index contributed by atoms with van der Waals surface area (Å²) in [6, 6.07) is 8.22. The molecule has 0 saturated carbocycles. The Labute approximate surface area is 175 Å². The van der Waals surface area contributed by atoms with Crippen molar-refractivity contribution < 1.29 is 4.79 Å². The Hall–Kier alpha value is -0.520. The molecule has 1 heterocycles. The minimum absolute atomic E-state index is 0. The van der Waals surface area contributed by atoms with Gasteiger partial charge in [-0.3, -0.25) is 9.69 Å². The number of halogens is 3. The van der Waals surface area contributed by atoms with Crippen LogP contribution < -0.4 is 11.1 Å². The lowest BCUT2D eigenvalue weighted by Crippen LogP contribution is -2.36. The van der Waals surface area contributed by atoms with Gasteiger partial charge < -0.3 is 11.1 Å². The molecule has 1 aromatic carbocycles. The second-order valence-corrected chi connectivity index (χ2v) is 7.01. The summed E-state index contributed by atoms with van der Waals surface area (Å²) in [4.78, 5) is 14.6. The Morgan fingerprint density at radius 3 is 2.50 bits per heavy atom. The maximum absolute atomic E-state index is 12.1. The van der Waals surface area contributed by atoms with E-state index in [4.69, 9.17) is 17.3 Å². The van der Waals surface area contributed by atoms with E-state index in [1.54, 1.807) is 0 Å². The standard InChI is InChI=1S/C19H30ClN3O.2ClH/c20-17-9-7-8-16(14-17)18(23-12-5-6-13-23)15-22-19(24)10-3-1-2-4-11-21;;/h7-9,14,18H,1-6,10-13,15,21H2,(H,22,24);2*1H. The number of hydrogen-bond acceptors (Lipinski definition) is 3. The molecule has 1 aliphatic heterocycles. The SMILES string of the molecule is Cl.Cl.NCCCCCCC(=O)NCC(c1cccc(Cl)c1)N1CCCC1. The van der Waals surface area contributed by atoms with Crippen molar-refractivity contribution in [3.63, 3.8) is 0 Å². The molecule has 1 saturated heterocycles. The van der Waals surface area contributed by atoms with Gasteiger partial charge in [0.1, 0.15) is 0 Å². The van der Waals surface area contributed by atoms with E-state index >= 15 is 0 Å². The number of rotatable bonds is 10. The summed E-state index contributed by atoms with van der Waals surface area (Å²) in [6.45, 7) is 3.57. The van der Waals surface area contributed by atoms with Crippen LogP contribution in [0.2, 0.25) is 5.02 Å². The summed E-state index contributed by atoms with van der Waals surface area (Å²) in [5.74, 6) is 0.147. The predicted octanol–water partition coefficient (Wildman–Crippen LogP) is 4.35. The number of benzene rings is 1. The molecule has 0 aromatic heterocycles. The number of carbonyl (C=O) groups is 1. The first-order valence-electron chi connectivity index (χ1n) is 9.17. The zero-order valence-electron chi connectivity index (χ0n) is 15.3. The highest BCUT2D eigenvalue weighted by Crippen LogP contribution is 2.26. The van der Waals surface area contributed by atoms with Gasteiger partial charge in [0.25, 0.3) is 0 Å². The van der Waals surface area contributed by atoms with E-state index in [1.165, 1.54) is 18.4 Å². The van der Waals surface area contributed by atoms with E-state index < -0.39 is 0 Å². The average molecular weight is 425 g/mol. The molecule has 0 radical (unpaired) electrons. The second kappa shape index (κ2) is 14.5. The Morgan fingerprint density at radius 1 is 1.15 bits per heavy atom. The molecule has 7 heteroatoms. The highest BCUT2D eigenvalue weighted by Gasteiger charge is 2.24. The molecular weight excluding hydrogens is 393 g/mol. The topological polar surface area (TPSA) is 58.4 Å². The molecule has 1 amide bonds. The maximum Gasteiger partial charge on any atom is 0.220 e. The van der Waals surface area contributed by atoms with Crippen LogP contribution >= 0.6 is 36.4 Å². The first-order chi connectivity index (χ1) is 11.7. The zero-order valence-corrected chi connectivity index (χ0v) is 17.7. The molecule has 1 aromatic rings. The summed E-state index contributed by atoms with van der Waals surface area (Å²) < 4.78 is 0. The lowest BCUT2D eigenvalue weighted by atomic mass is 10.1. The van der Waals surface area contributed by atoms with Gasteiger partial charge in [-0.2, -0.15) is 0 Å². The highest BCUT2D eigenvalue weighted by molar-refractivity contribution is 6.30. The van der Waals surface area contributed by atoms with Gasteiger partial charge in [-0.05, 0) is 63.0 Å². The van der Waals surface area contributed by atoms with Crippen molar-refractivity contribution in [2.75, 3.05) is 26.2 Å². The van der Waals surface area contributed by atoms with E-state index in [9.17, 15) is 4.79 Å². The summed E-state index contributed by atoms with van der Waals surface area (Å²) in [5, 5.41) is 3.87. The molecule has 0 spiro atoms. The summed E-state index contributed by atoms with van der Waals surface area (Å²) in [5.41, 5.74) is 6.67. The van der Waals surface area contributed by atoms with Crippen molar-refractivity contribution in [2.24, 2.45) is 5.73 Å². The minimum atomic E-state index is 0. The molecule has 1 fully saturated rings. The summed E-state index contributed by atoms with van der Waals surface area (Å²) in [6.07, 6.45) is 7.24. The average Bonchev–Trinajstić information content (AvgIpc) is 3.09. The normalized spacial score (nSPS) is 15.0. The van der Waals surface area contributed by atoms with E-state index in [0.29, 0.717) is 13.0 Å². The molecule has 26 heavy (non-hydrogen) atoms. The van der Waals surface area contributed by atoms with Crippen LogP contribution in [-0.2, 0) is 4.79 Å². The Morgan fingerprint density at radius 2 is 1.85 bits per heavy atom. The minimum Gasteiger partial charge on any atom is -0.354 e. The molecule has 0 bridgehead atoms. The molecule has 1 aliphatic rings. The second-order valence-electron chi connectivity index (χ2n) is 6.57. The Kier molecular flexibility index (Phi) is 14.2. The number of amides is 1. The van der Waals surface area contributed by atoms with Gasteiger partial charge >= 0.3 is 0 Å². The largest absolute Gasteiger partial charge is 0.354 e. The van der Waals surface area contributed by atoms with Crippen molar-refractivity contribution >= 4 is 42.3 Å². The lowest BCUT2D eigenvalue weighted by molar-refractivity contribution is -0.121. The monoisotopic (exact) mass is 423 g/mol. The summed E-state index contributed by atoms with van der Waals surface area (Å²) in [7, 11) is 0. The van der Waals surface area contributed by atoms with Gasteiger partial charge in [-0.25, -0.2) is 0 Å². The number of nitrogens with two attached hydrogens (primary N) is 1. The quantitative estimate of drug-likeness (QED) is 0.549. The first-order valence-corrected chi connectivity index (χ1v) is 9.55. The lowest BCUT2D eigenvalue weighted by Gasteiger charge is -2.28. The fourth-order valence-electron chi connectivity index (χ4n) is 3.31. The van der Waals surface area contributed by atoms with Crippen molar-refractivity contribution in [3.8, 4) is 0 Å². The van der Waals surface area contributed by atoms with E-state index in [2.05, 4.69) is 16.3 Å². The molecule has 2 rings (SSSR count). The Balaban J connectivity index is 0.00000312. The molecule has 4 nitrogen and oxygen atoms in total. The molecule has 1 atom stereocenters. The van der Waals surface area contributed by atoms with Crippen molar-refractivity contribution in [3.05, 3.63) is 34.9 Å². The number of carbonyl (C=O) groups excluding carboxylic acids is 1. The zero-order chi connectivity index (χ0) is 17.2. The van der Waals surface area contributed by atoms with Crippen LogP contribution in [0.25, 0.3) is 0 Å². The van der Waals surface area contributed by atoms with Crippen LogP contribution in [0.4, 0.5) is 0 Å². The van der Waals surface area contributed by atoms with Crippen LogP contribution in [0.5, 0.6) is 0 Å². The molecule has 150 valence electrons. The molecular formula is C19H32Cl3N3O. The molecule has 0 aliphatic carbocycles. The van der Waals surface area contributed by atoms with E-state index in [1.807, 2.05) is 18.2 Å². The Bertz CT molecular complexity index is 511. The van der Waals surface area contributed by atoms with Crippen molar-refractivity contribution in [1.82, 2.24) is 10.2 Å². The van der Waals surface area contributed by atoms with Crippen LogP contribution in [0.1, 0.15) is 56.6 Å². The van der Waals surface area contributed by atoms with Gasteiger partial charge in [-0.1, -0.05) is 36.6 Å². The third-order valence-corrected chi connectivity index (χ3v) is 4.90. The molecule has 3 N–H and O–H groups in total. The maximum atomic E-state index is 12.1. The van der Waals surface area contributed by atoms with Gasteiger partial charge in [0.15, 0.2) is 0 Å². The summed E-state index contributed by atoms with van der Waals surface area (Å²) >= 11 is 6.15. The van der Waals surface area contributed by atoms with Crippen molar-refractivity contribution in [2.45, 2.75) is 51.0 Å². The van der Waals surface area contributed by atoms with Gasteiger partial charge in [0, 0.05) is 18.0 Å². The van der Waals surface area contributed by atoms with E-state index in [-0.39, 0.29) is 36.8 Å². The number of hydrogen-bond donors (Lipinski definition) is 2. The van der Waals surface area contributed by atoms with Gasteiger partial charge in [-0.15, -0.1) is 24.8 Å². The van der Waals surface area contributed by atoms with Crippen LogP contribution in [0, 0.1) is 0 Å². The number of nitrogens with zero attached hydrogens (tertiary/aromatic N) is 1. The number of likely N-dealkylation sites (tertiary alicyclic amines) is 1. The number of unbranched alkanes of at least 4 members (excludes halogenated alkanes) is 3. The smallest absolute Gasteiger partial charge is 0.220 e. The highest BCUT2D eigenvalue weighted by atomic mass is 35.5. The van der Waals surface area contributed by atoms with Gasteiger partial charge in [0.2, 0.25) is 5.91 Å². The van der Waals surface area contributed by atoms with Crippen LogP contribution in [0.3, 0.4) is 0 Å². The van der Waals surface area contributed by atoms with Gasteiger partial charge in [0.05, 0.1) is 6.04 Å². The third kappa shape index (κ3) is 8.92. The fraction of sp³-hybridized carbons (Fsp3) is 0.632. The van der Waals surface area contributed by atoms with Crippen LogP contribution in [0.15, 0.2) is 24.3 Å². The predicted molar refractivity (Wildman–Crippen MR) is 115 cm³/mol.